The smallest absolute Gasteiger partial charge is 0.119 e. The Hall–Kier alpha value is -3.14. The van der Waals surface area contributed by atoms with Gasteiger partial charge in [0.15, 0.2) is 0 Å². The third-order valence-corrected chi connectivity index (χ3v) is 4.16. The highest BCUT2D eigenvalue weighted by Crippen LogP contribution is 2.35. The maximum atomic E-state index is 5.85. The molecule has 26 heavy (non-hydrogen) atoms. The fraction of sp³-hybridized carbons (Fsp3) is 0.182. The van der Waals surface area contributed by atoms with Gasteiger partial charge in [0.05, 0.1) is 6.61 Å². The van der Waals surface area contributed by atoms with E-state index in [1.165, 1.54) is 0 Å². The summed E-state index contributed by atoms with van der Waals surface area (Å²) in [6.45, 7) is 2.90. The molecule has 0 saturated heterocycles. The summed E-state index contributed by atoms with van der Waals surface area (Å²) >= 11 is 0. The Morgan fingerprint density at radius 2 is 1.12 bits per heavy atom. The Morgan fingerprint density at radius 1 is 0.692 bits per heavy atom. The number of nitrogen functional groups attached to an aromatic ring is 2. The lowest BCUT2D eigenvalue weighted by Crippen LogP contribution is -2.10. The first-order valence-electron chi connectivity index (χ1n) is 8.91. The van der Waals surface area contributed by atoms with Crippen LogP contribution in [-0.4, -0.2) is 6.61 Å². The first kappa shape index (κ1) is 17.7. The van der Waals surface area contributed by atoms with E-state index in [2.05, 4.69) is 24.0 Å². The highest BCUT2D eigenvalue weighted by atomic mass is 16.5. The molecule has 3 rings (SSSR count). The van der Waals surface area contributed by atoms with Crippen LogP contribution in [0.1, 0.15) is 19.8 Å². The van der Waals surface area contributed by atoms with E-state index in [1.807, 2.05) is 60.7 Å². The lowest BCUT2D eigenvalue weighted by molar-refractivity contribution is 0.309. The minimum absolute atomic E-state index is 0.741. The van der Waals surface area contributed by atoms with E-state index in [-0.39, 0.29) is 0 Å². The van der Waals surface area contributed by atoms with Gasteiger partial charge >= 0.3 is 0 Å². The van der Waals surface area contributed by atoms with Crippen molar-refractivity contribution in [1.29, 1.82) is 0 Å². The van der Waals surface area contributed by atoms with Crippen LogP contribution in [0, 0.1) is 0 Å². The van der Waals surface area contributed by atoms with E-state index >= 15 is 0 Å². The molecule has 0 atom stereocenters. The molecular formula is C22H25N3O. The van der Waals surface area contributed by atoms with Crippen molar-refractivity contribution >= 4 is 28.4 Å². The first-order chi connectivity index (χ1) is 12.7. The van der Waals surface area contributed by atoms with Crippen LogP contribution in [0.2, 0.25) is 0 Å². The van der Waals surface area contributed by atoms with Crippen molar-refractivity contribution in [2.24, 2.45) is 0 Å². The van der Waals surface area contributed by atoms with Crippen molar-refractivity contribution in [3.05, 3.63) is 72.8 Å². The quantitative estimate of drug-likeness (QED) is 0.437. The van der Waals surface area contributed by atoms with Gasteiger partial charge in [-0.25, -0.2) is 0 Å². The van der Waals surface area contributed by atoms with Gasteiger partial charge in [0.2, 0.25) is 0 Å². The zero-order chi connectivity index (χ0) is 18.4. The summed E-state index contributed by atoms with van der Waals surface area (Å²) in [7, 11) is 0. The van der Waals surface area contributed by atoms with E-state index in [9.17, 15) is 0 Å². The van der Waals surface area contributed by atoms with Crippen molar-refractivity contribution in [2.45, 2.75) is 19.8 Å². The Balaban J connectivity index is 1.92. The van der Waals surface area contributed by atoms with Crippen LogP contribution in [0.25, 0.3) is 0 Å². The second-order valence-corrected chi connectivity index (χ2v) is 6.21. The first-order valence-corrected chi connectivity index (χ1v) is 8.91. The number of rotatable bonds is 7. The lowest BCUT2D eigenvalue weighted by atomic mass is 10.1. The SMILES string of the molecule is CCCCOc1ccc(N(c2ccc(N)cc2)c2ccc(N)cc2)cc1. The molecule has 0 aliphatic rings. The number of unbranched alkanes of at least 4 members (excludes halogenated alkanes) is 1. The molecule has 0 saturated carbocycles. The second kappa shape index (κ2) is 8.30. The van der Waals surface area contributed by atoms with Crippen molar-refractivity contribution in [3.8, 4) is 5.75 Å². The summed E-state index contributed by atoms with van der Waals surface area (Å²) < 4.78 is 5.77. The van der Waals surface area contributed by atoms with Gasteiger partial charge in [0.25, 0.3) is 0 Å². The molecule has 0 spiro atoms. The molecule has 0 bridgehead atoms. The molecule has 0 radical (unpaired) electrons. The number of anilines is 5. The number of nitrogens with two attached hydrogens (primary N) is 2. The topological polar surface area (TPSA) is 64.5 Å². The number of benzene rings is 3. The Bertz CT molecular complexity index is 766. The monoisotopic (exact) mass is 347 g/mol. The van der Waals surface area contributed by atoms with Crippen molar-refractivity contribution in [3.63, 3.8) is 0 Å². The average Bonchev–Trinajstić information content (AvgIpc) is 2.66. The van der Waals surface area contributed by atoms with Crippen LogP contribution in [0.15, 0.2) is 72.8 Å². The Morgan fingerprint density at radius 3 is 1.54 bits per heavy atom. The fourth-order valence-electron chi connectivity index (χ4n) is 2.72. The van der Waals surface area contributed by atoms with Crippen LogP contribution in [0.5, 0.6) is 5.75 Å². The van der Waals surface area contributed by atoms with Gasteiger partial charge in [-0.05, 0) is 79.2 Å². The largest absolute Gasteiger partial charge is 0.494 e. The summed E-state index contributed by atoms with van der Waals surface area (Å²) in [5.41, 5.74) is 16.3. The normalized spacial score (nSPS) is 10.5. The molecule has 0 fully saturated rings. The molecule has 134 valence electrons. The maximum Gasteiger partial charge on any atom is 0.119 e. The highest BCUT2D eigenvalue weighted by molar-refractivity contribution is 5.78. The van der Waals surface area contributed by atoms with Gasteiger partial charge in [0, 0.05) is 28.4 Å². The van der Waals surface area contributed by atoms with Crippen molar-refractivity contribution in [2.75, 3.05) is 23.0 Å². The van der Waals surface area contributed by atoms with Crippen LogP contribution in [-0.2, 0) is 0 Å². The molecule has 0 unspecified atom stereocenters. The van der Waals surface area contributed by atoms with E-state index in [1.54, 1.807) is 0 Å². The van der Waals surface area contributed by atoms with Gasteiger partial charge < -0.3 is 21.1 Å². The minimum Gasteiger partial charge on any atom is -0.494 e. The number of hydrogen-bond donors (Lipinski definition) is 2. The number of ether oxygens (including phenoxy) is 1. The van der Waals surface area contributed by atoms with E-state index < -0.39 is 0 Å². The zero-order valence-corrected chi connectivity index (χ0v) is 15.1. The molecule has 3 aromatic rings. The third-order valence-electron chi connectivity index (χ3n) is 4.16. The molecule has 3 aromatic carbocycles. The molecule has 0 amide bonds. The predicted molar refractivity (Wildman–Crippen MR) is 110 cm³/mol. The van der Waals surface area contributed by atoms with Crippen molar-refractivity contribution < 1.29 is 4.74 Å². The fourth-order valence-corrected chi connectivity index (χ4v) is 2.72. The van der Waals surface area contributed by atoms with Gasteiger partial charge in [-0.3, -0.25) is 0 Å². The van der Waals surface area contributed by atoms with Crippen LogP contribution < -0.4 is 21.1 Å². The van der Waals surface area contributed by atoms with Crippen LogP contribution >= 0.6 is 0 Å². The molecule has 0 aliphatic carbocycles. The molecule has 4 heteroatoms. The average molecular weight is 347 g/mol. The second-order valence-electron chi connectivity index (χ2n) is 6.21. The molecule has 0 aromatic heterocycles. The van der Waals surface area contributed by atoms with Gasteiger partial charge in [-0.15, -0.1) is 0 Å². The van der Waals surface area contributed by atoms with Crippen LogP contribution in [0.3, 0.4) is 0 Å². The minimum atomic E-state index is 0.741. The maximum absolute atomic E-state index is 5.85. The molecule has 4 N–H and O–H groups in total. The molecular weight excluding hydrogens is 322 g/mol. The zero-order valence-electron chi connectivity index (χ0n) is 15.1. The summed E-state index contributed by atoms with van der Waals surface area (Å²) in [4.78, 5) is 2.16. The lowest BCUT2D eigenvalue weighted by Gasteiger charge is -2.25. The van der Waals surface area contributed by atoms with E-state index in [4.69, 9.17) is 16.2 Å². The third kappa shape index (κ3) is 4.28. The summed E-state index contributed by atoms with van der Waals surface area (Å²) in [6, 6.07) is 23.8. The summed E-state index contributed by atoms with van der Waals surface area (Å²) in [5, 5.41) is 0. The van der Waals surface area contributed by atoms with E-state index in [0.717, 1.165) is 53.6 Å². The van der Waals surface area contributed by atoms with Crippen LogP contribution in [0.4, 0.5) is 28.4 Å². The molecule has 4 nitrogen and oxygen atoms in total. The molecule has 0 aliphatic heterocycles. The standard InChI is InChI=1S/C22H25N3O/c1-2-3-16-26-22-14-12-21(13-15-22)25(19-8-4-17(23)5-9-19)20-10-6-18(24)7-11-20/h4-15H,2-3,16,23-24H2,1H3. The highest BCUT2D eigenvalue weighted by Gasteiger charge is 2.12. The summed E-state index contributed by atoms with van der Waals surface area (Å²) in [5.74, 6) is 0.886. The van der Waals surface area contributed by atoms with Gasteiger partial charge in [-0.1, -0.05) is 13.3 Å². The number of hydrogen-bond acceptors (Lipinski definition) is 4. The van der Waals surface area contributed by atoms with Gasteiger partial charge in [0.1, 0.15) is 5.75 Å². The predicted octanol–water partition coefficient (Wildman–Crippen LogP) is 5.50. The Labute approximate surface area is 155 Å². The van der Waals surface area contributed by atoms with E-state index in [0.29, 0.717) is 0 Å². The van der Waals surface area contributed by atoms with Crippen molar-refractivity contribution in [1.82, 2.24) is 0 Å². The summed E-state index contributed by atoms with van der Waals surface area (Å²) in [6.07, 6.45) is 2.19. The van der Waals surface area contributed by atoms with Gasteiger partial charge in [-0.2, -0.15) is 0 Å². The number of nitrogens with zero attached hydrogens (tertiary/aromatic N) is 1. The Kier molecular flexibility index (Phi) is 5.64. The molecule has 0 heterocycles.